The van der Waals surface area contributed by atoms with Gasteiger partial charge < -0.3 is 15.0 Å². The normalized spacial score (nSPS) is 14.7. The highest BCUT2D eigenvalue weighted by Crippen LogP contribution is 2.21. The molecule has 0 saturated carbocycles. The summed E-state index contributed by atoms with van der Waals surface area (Å²) in [4.78, 5) is 22.7. The fourth-order valence-corrected chi connectivity index (χ4v) is 2.31. The first-order valence-electron chi connectivity index (χ1n) is 6.94. The average Bonchev–Trinajstić information content (AvgIpc) is 2.58. The zero-order valence-electron chi connectivity index (χ0n) is 11.8. The van der Waals surface area contributed by atoms with Gasteiger partial charge in [-0.05, 0) is 12.1 Å². The number of halogens is 1. The smallest absolute Gasteiger partial charge is 0.258 e. The summed E-state index contributed by atoms with van der Waals surface area (Å²) in [7, 11) is 0. The fraction of sp³-hybridized carbons (Fsp3) is 0.267. The Labute approximate surface area is 133 Å². The van der Waals surface area contributed by atoms with Crippen molar-refractivity contribution in [2.75, 3.05) is 36.5 Å². The van der Waals surface area contributed by atoms with Crippen LogP contribution in [0.1, 0.15) is 10.4 Å². The van der Waals surface area contributed by atoms with Gasteiger partial charge in [0.15, 0.2) is 0 Å². The first-order valence-corrected chi connectivity index (χ1v) is 7.32. The maximum atomic E-state index is 12.2. The predicted octanol–water partition coefficient (Wildman–Crippen LogP) is 2.22. The number of hydrogen-bond donors (Lipinski definition) is 1. The van der Waals surface area contributed by atoms with E-state index in [2.05, 4.69) is 15.3 Å². The maximum absolute atomic E-state index is 12.2. The molecule has 0 spiro atoms. The molecule has 1 aliphatic rings. The van der Waals surface area contributed by atoms with Crippen LogP contribution in [0.4, 0.5) is 11.6 Å². The van der Waals surface area contributed by atoms with E-state index in [1.807, 2.05) is 4.90 Å². The van der Waals surface area contributed by atoms with E-state index in [4.69, 9.17) is 16.3 Å². The lowest BCUT2D eigenvalue weighted by molar-refractivity contribution is 0.102. The van der Waals surface area contributed by atoms with Gasteiger partial charge in [0.05, 0.1) is 29.5 Å². The number of rotatable bonds is 3. The summed E-state index contributed by atoms with van der Waals surface area (Å²) >= 11 is 6.02. The van der Waals surface area contributed by atoms with Crippen LogP contribution in [0.25, 0.3) is 0 Å². The molecule has 0 aliphatic carbocycles. The molecule has 1 fully saturated rings. The van der Waals surface area contributed by atoms with E-state index < -0.39 is 0 Å². The van der Waals surface area contributed by atoms with Gasteiger partial charge >= 0.3 is 0 Å². The van der Waals surface area contributed by atoms with Crippen LogP contribution in [0.2, 0.25) is 5.02 Å². The molecule has 0 unspecified atom stereocenters. The summed E-state index contributed by atoms with van der Waals surface area (Å²) in [5.41, 5.74) is 0.948. The van der Waals surface area contributed by atoms with Crippen LogP contribution in [-0.4, -0.2) is 42.2 Å². The van der Waals surface area contributed by atoms with E-state index in [9.17, 15) is 4.79 Å². The highest BCUT2D eigenvalue weighted by molar-refractivity contribution is 6.33. The molecular formula is C15H15ClN4O2. The molecule has 2 heterocycles. The summed E-state index contributed by atoms with van der Waals surface area (Å²) in [6, 6.07) is 7.07. The number of carbonyl (C=O) groups excluding carboxylic acids is 1. The van der Waals surface area contributed by atoms with Gasteiger partial charge in [-0.25, -0.2) is 9.97 Å². The van der Waals surface area contributed by atoms with Gasteiger partial charge in [0, 0.05) is 25.5 Å². The fourth-order valence-electron chi connectivity index (χ4n) is 2.12. The molecule has 1 aromatic heterocycles. The molecule has 1 saturated heterocycles. The zero-order valence-corrected chi connectivity index (χ0v) is 12.6. The Morgan fingerprint density at radius 1 is 1.18 bits per heavy atom. The van der Waals surface area contributed by atoms with Crippen molar-refractivity contribution in [2.24, 2.45) is 0 Å². The predicted molar refractivity (Wildman–Crippen MR) is 84.5 cm³/mol. The molecule has 1 N–H and O–H groups in total. The lowest BCUT2D eigenvalue weighted by Crippen LogP contribution is -2.37. The number of nitrogens with one attached hydrogen (secondary N) is 1. The van der Waals surface area contributed by atoms with Crippen LogP contribution in [0.3, 0.4) is 0 Å². The molecule has 0 atom stereocenters. The molecule has 22 heavy (non-hydrogen) atoms. The number of nitrogens with zero attached hydrogens (tertiary/aromatic N) is 3. The monoisotopic (exact) mass is 318 g/mol. The largest absolute Gasteiger partial charge is 0.378 e. The van der Waals surface area contributed by atoms with Crippen LogP contribution in [-0.2, 0) is 4.74 Å². The molecule has 0 bridgehead atoms. The van der Waals surface area contributed by atoms with Gasteiger partial charge in [0.1, 0.15) is 0 Å². The van der Waals surface area contributed by atoms with Gasteiger partial charge in [-0.3, -0.25) is 4.79 Å². The zero-order chi connectivity index (χ0) is 15.4. The topological polar surface area (TPSA) is 67.4 Å². The third-order valence-corrected chi connectivity index (χ3v) is 3.65. The Balaban J connectivity index is 1.69. The van der Waals surface area contributed by atoms with E-state index in [0.717, 1.165) is 13.1 Å². The maximum Gasteiger partial charge on any atom is 0.258 e. The van der Waals surface area contributed by atoms with Crippen molar-refractivity contribution in [1.29, 1.82) is 0 Å². The summed E-state index contributed by atoms with van der Waals surface area (Å²) in [5, 5.41) is 3.23. The van der Waals surface area contributed by atoms with Crippen LogP contribution in [0, 0.1) is 0 Å². The van der Waals surface area contributed by atoms with Crippen LogP contribution in [0.5, 0.6) is 0 Å². The molecular weight excluding hydrogens is 304 g/mol. The minimum atomic E-state index is -0.290. The third-order valence-electron chi connectivity index (χ3n) is 3.32. The number of benzene rings is 1. The molecule has 7 heteroatoms. The van der Waals surface area contributed by atoms with Crippen molar-refractivity contribution in [1.82, 2.24) is 9.97 Å². The Morgan fingerprint density at radius 3 is 2.55 bits per heavy atom. The van der Waals surface area contributed by atoms with Gasteiger partial charge in [-0.15, -0.1) is 0 Å². The second kappa shape index (κ2) is 6.72. The number of para-hydroxylation sites is 1. The Hall–Kier alpha value is -2.18. The van der Waals surface area contributed by atoms with Crippen molar-refractivity contribution in [3.05, 3.63) is 47.2 Å². The molecule has 3 rings (SSSR count). The van der Waals surface area contributed by atoms with Gasteiger partial charge in [0.2, 0.25) is 5.95 Å². The van der Waals surface area contributed by atoms with E-state index in [-0.39, 0.29) is 5.91 Å². The standard InChI is InChI=1S/C15H15ClN4O2/c16-12-3-1-2-4-13(12)19-14(21)11-9-17-15(18-10-11)20-5-7-22-8-6-20/h1-4,9-10H,5-8H2,(H,19,21). The third kappa shape index (κ3) is 3.35. The van der Waals surface area contributed by atoms with Gasteiger partial charge in [-0.2, -0.15) is 0 Å². The van der Waals surface area contributed by atoms with E-state index in [1.54, 1.807) is 24.3 Å². The lowest BCUT2D eigenvalue weighted by atomic mass is 10.3. The quantitative estimate of drug-likeness (QED) is 0.940. The Bertz CT molecular complexity index is 657. The number of amides is 1. The van der Waals surface area contributed by atoms with E-state index in [1.165, 1.54) is 12.4 Å². The molecule has 1 aromatic carbocycles. The highest BCUT2D eigenvalue weighted by atomic mass is 35.5. The lowest BCUT2D eigenvalue weighted by Gasteiger charge is -2.26. The number of carbonyl (C=O) groups is 1. The molecule has 2 aromatic rings. The van der Waals surface area contributed by atoms with Gasteiger partial charge in [-0.1, -0.05) is 23.7 Å². The number of ether oxygens (including phenoxy) is 1. The summed E-state index contributed by atoms with van der Waals surface area (Å²) in [5.74, 6) is 0.319. The minimum absolute atomic E-state index is 0.290. The minimum Gasteiger partial charge on any atom is -0.378 e. The van der Waals surface area contributed by atoms with Crippen molar-refractivity contribution < 1.29 is 9.53 Å². The number of anilines is 2. The second-order valence-electron chi connectivity index (χ2n) is 4.81. The number of aromatic nitrogens is 2. The van der Waals surface area contributed by atoms with E-state index in [0.29, 0.717) is 35.4 Å². The summed E-state index contributed by atoms with van der Waals surface area (Å²) in [6.07, 6.45) is 3.04. The van der Waals surface area contributed by atoms with Crippen molar-refractivity contribution in [3.63, 3.8) is 0 Å². The molecule has 0 radical (unpaired) electrons. The van der Waals surface area contributed by atoms with Crippen LogP contribution < -0.4 is 10.2 Å². The first kappa shape index (κ1) is 14.7. The molecule has 1 aliphatic heterocycles. The second-order valence-corrected chi connectivity index (χ2v) is 5.21. The molecule has 6 nitrogen and oxygen atoms in total. The molecule has 114 valence electrons. The molecule has 1 amide bonds. The SMILES string of the molecule is O=C(Nc1ccccc1Cl)c1cnc(N2CCOCC2)nc1. The average molecular weight is 319 g/mol. The highest BCUT2D eigenvalue weighted by Gasteiger charge is 2.15. The summed E-state index contributed by atoms with van der Waals surface area (Å²) in [6.45, 7) is 2.84. The van der Waals surface area contributed by atoms with Crippen LogP contribution >= 0.6 is 11.6 Å². The summed E-state index contributed by atoms with van der Waals surface area (Å²) < 4.78 is 5.29. The van der Waals surface area contributed by atoms with Crippen molar-refractivity contribution in [2.45, 2.75) is 0 Å². The Kier molecular flexibility index (Phi) is 4.50. The van der Waals surface area contributed by atoms with Crippen molar-refractivity contribution >= 4 is 29.1 Å². The Morgan fingerprint density at radius 2 is 1.86 bits per heavy atom. The number of morpholine rings is 1. The van der Waals surface area contributed by atoms with Gasteiger partial charge in [0.25, 0.3) is 5.91 Å². The number of hydrogen-bond acceptors (Lipinski definition) is 5. The van der Waals surface area contributed by atoms with E-state index >= 15 is 0 Å². The first-order chi connectivity index (χ1) is 10.7. The van der Waals surface area contributed by atoms with Crippen LogP contribution in [0.15, 0.2) is 36.7 Å². The van der Waals surface area contributed by atoms with Crippen molar-refractivity contribution in [3.8, 4) is 0 Å².